The van der Waals surface area contributed by atoms with Crippen molar-refractivity contribution in [1.82, 2.24) is 25.5 Å². The van der Waals surface area contributed by atoms with E-state index >= 15 is 0 Å². The van der Waals surface area contributed by atoms with E-state index in [-0.39, 0.29) is 23.9 Å². The van der Waals surface area contributed by atoms with Crippen LogP contribution in [0.2, 0.25) is 0 Å². The molecule has 1 fully saturated rings. The zero-order valence-corrected chi connectivity index (χ0v) is 17.5. The number of nitrogens with zero attached hydrogens (tertiary/aromatic N) is 4. The van der Waals surface area contributed by atoms with E-state index in [1.807, 2.05) is 25.1 Å². The summed E-state index contributed by atoms with van der Waals surface area (Å²) >= 11 is 0. The summed E-state index contributed by atoms with van der Waals surface area (Å²) in [4.78, 5) is 25.5. The van der Waals surface area contributed by atoms with Crippen LogP contribution in [0.4, 0.5) is 5.69 Å². The molecule has 1 saturated heterocycles. The number of aryl methyl sites for hydroxylation is 2. The molecule has 0 atom stereocenters. The summed E-state index contributed by atoms with van der Waals surface area (Å²) in [5.41, 5.74) is 2.15. The molecule has 0 aliphatic carbocycles. The standard InChI is InChI=1S/C20H22N6O3.ClH/c1-12-3-4-15(26-11-22-24-25-26)10-16(12)23-19(27)18-13(2)9-17(29-20(18)28)14-5-7-21-8-6-14;/h3-4,9-11,14,21H,5-8H2,1-2H3,(H,23,27);1H. The molecular formula is C20H23ClN6O3. The van der Waals surface area contributed by atoms with E-state index in [0.29, 0.717) is 22.7 Å². The van der Waals surface area contributed by atoms with E-state index < -0.39 is 11.5 Å². The molecule has 0 saturated carbocycles. The molecule has 1 aromatic carbocycles. The molecule has 0 radical (unpaired) electrons. The third kappa shape index (κ3) is 4.42. The molecule has 158 valence electrons. The lowest BCUT2D eigenvalue weighted by Gasteiger charge is -2.22. The van der Waals surface area contributed by atoms with Crippen molar-refractivity contribution in [3.8, 4) is 5.69 Å². The summed E-state index contributed by atoms with van der Waals surface area (Å²) in [5, 5.41) is 17.2. The van der Waals surface area contributed by atoms with Gasteiger partial charge in [-0.3, -0.25) is 4.79 Å². The lowest BCUT2D eigenvalue weighted by atomic mass is 9.94. The predicted molar refractivity (Wildman–Crippen MR) is 114 cm³/mol. The minimum atomic E-state index is -0.606. The van der Waals surface area contributed by atoms with Crippen molar-refractivity contribution in [2.24, 2.45) is 0 Å². The highest BCUT2D eigenvalue weighted by molar-refractivity contribution is 6.05. The number of halogens is 1. The van der Waals surface area contributed by atoms with Gasteiger partial charge < -0.3 is 15.1 Å². The number of aromatic nitrogens is 4. The van der Waals surface area contributed by atoms with Gasteiger partial charge in [0.05, 0.1) is 5.69 Å². The fourth-order valence-corrected chi connectivity index (χ4v) is 3.57. The van der Waals surface area contributed by atoms with Crippen LogP contribution in [-0.4, -0.2) is 39.2 Å². The van der Waals surface area contributed by atoms with Crippen LogP contribution in [0.3, 0.4) is 0 Å². The molecule has 2 N–H and O–H groups in total. The summed E-state index contributed by atoms with van der Waals surface area (Å²) in [5.74, 6) is 0.363. The van der Waals surface area contributed by atoms with Crippen LogP contribution in [0.5, 0.6) is 0 Å². The number of carbonyl (C=O) groups excluding carboxylic acids is 1. The first-order chi connectivity index (χ1) is 14.0. The number of nitrogens with one attached hydrogen (secondary N) is 2. The van der Waals surface area contributed by atoms with Gasteiger partial charge in [-0.15, -0.1) is 17.5 Å². The van der Waals surface area contributed by atoms with Crippen LogP contribution >= 0.6 is 12.4 Å². The Morgan fingerprint density at radius 1 is 1.20 bits per heavy atom. The molecule has 2 aromatic heterocycles. The Balaban J connectivity index is 0.00000256. The van der Waals surface area contributed by atoms with Crippen molar-refractivity contribution >= 4 is 24.0 Å². The Morgan fingerprint density at radius 2 is 1.97 bits per heavy atom. The highest BCUT2D eigenvalue weighted by Crippen LogP contribution is 2.26. The second-order valence-electron chi connectivity index (χ2n) is 7.23. The Labute approximate surface area is 179 Å². The van der Waals surface area contributed by atoms with Crippen LogP contribution in [0.25, 0.3) is 5.69 Å². The van der Waals surface area contributed by atoms with Gasteiger partial charge in [0, 0.05) is 11.6 Å². The number of hydrogen-bond donors (Lipinski definition) is 2. The van der Waals surface area contributed by atoms with E-state index in [1.165, 1.54) is 11.0 Å². The topological polar surface area (TPSA) is 115 Å². The summed E-state index contributed by atoms with van der Waals surface area (Å²) in [6.45, 7) is 5.43. The number of piperidine rings is 1. The van der Waals surface area contributed by atoms with E-state index in [1.54, 1.807) is 13.0 Å². The molecule has 0 unspecified atom stereocenters. The molecule has 0 bridgehead atoms. The maximum absolute atomic E-state index is 12.9. The average molecular weight is 431 g/mol. The number of amides is 1. The molecule has 4 rings (SSSR count). The molecule has 3 heterocycles. The van der Waals surface area contributed by atoms with Crippen molar-refractivity contribution in [2.75, 3.05) is 18.4 Å². The van der Waals surface area contributed by atoms with Crippen molar-refractivity contribution in [3.63, 3.8) is 0 Å². The summed E-state index contributed by atoms with van der Waals surface area (Å²) in [6, 6.07) is 7.26. The number of tetrazole rings is 1. The number of rotatable bonds is 4. The van der Waals surface area contributed by atoms with Crippen molar-refractivity contribution in [1.29, 1.82) is 0 Å². The lowest BCUT2D eigenvalue weighted by Crippen LogP contribution is -2.28. The van der Waals surface area contributed by atoms with Gasteiger partial charge in [-0.05, 0) is 79.5 Å². The van der Waals surface area contributed by atoms with E-state index in [4.69, 9.17) is 4.42 Å². The molecule has 0 spiro atoms. The molecular weight excluding hydrogens is 408 g/mol. The number of carbonyl (C=O) groups is 1. The second-order valence-corrected chi connectivity index (χ2v) is 7.23. The van der Waals surface area contributed by atoms with Gasteiger partial charge in [-0.2, -0.15) is 0 Å². The van der Waals surface area contributed by atoms with E-state index in [2.05, 4.69) is 26.2 Å². The van der Waals surface area contributed by atoms with Crippen molar-refractivity contribution in [2.45, 2.75) is 32.6 Å². The zero-order chi connectivity index (χ0) is 20.4. The Morgan fingerprint density at radius 3 is 2.63 bits per heavy atom. The summed E-state index contributed by atoms with van der Waals surface area (Å²) in [6.07, 6.45) is 3.29. The van der Waals surface area contributed by atoms with E-state index in [9.17, 15) is 9.59 Å². The number of benzene rings is 1. The molecule has 30 heavy (non-hydrogen) atoms. The van der Waals surface area contributed by atoms with Gasteiger partial charge >= 0.3 is 5.63 Å². The van der Waals surface area contributed by atoms with Gasteiger partial charge in [0.15, 0.2) is 0 Å². The first kappa shape index (κ1) is 21.7. The SMILES string of the molecule is Cc1ccc(-n2cnnn2)cc1NC(=O)c1c(C)cc(C2CCNCC2)oc1=O.Cl. The normalized spacial score (nSPS) is 14.2. The first-order valence-corrected chi connectivity index (χ1v) is 9.53. The van der Waals surface area contributed by atoms with Crippen LogP contribution in [-0.2, 0) is 0 Å². The first-order valence-electron chi connectivity index (χ1n) is 9.53. The molecule has 10 heteroatoms. The van der Waals surface area contributed by atoms with E-state index in [0.717, 1.165) is 31.5 Å². The van der Waals surface area contributed by atoms with Crippen LogP contribution in [0.15, 0.2) is 39.8 Å². The predicted octanol–water partition coefficient (Wildman–Crippen LogP) is 2.37. The minimum Gasteiger partial charge on any atom is -0.427 e. The van der Waals surface area contributed by atoms with Gasteiger partial charge in [0.25, 0.3) is 5.91 Å². The fourth-order valence-electron chi connectivity index (χ4n) is 3.57. The number of anilines is 1. The van der Waals surface area contributed by atoms with Crippen molar-refractivity contribution < 1.29 is 9.21 Å². The monoisotopic (exact) mass is 430 g/mol. The number of hydrogen-bond acceptors (Lipinski definition) is 7. The average Bonchev–Trinajstić information content (AvgIpc) is 3.24. The summed E-state index contributed by atoms with van der Waals surface area (Å²) in [7, 11) is 0. The van der Waals surface area contributed by atoms with Crippen LogP contribution in [0, 0.1) is 13.8 Å². The van der Waals surface area contributed by atoms with Gasteiger partial charge in [0.2, 0.25) is 0 Å². The minimum absolute atomic E-state index is 0. The zero-order valence-electron chi connectivity index (χ0n) is 16.7. The van der Waals surface area contributed by atoms with Crippen LogP contribution < -0.4 is 16.3 Å². The van der Waals surface area contributed by atoms with Gasteiger partial charge in [-0.25, -0.2) is 9.48 Å². The summed E-state index contributed by atoms with van der Waals surface area (Å²) < 4.78 is 7.01. The van der Waals surface area contributed by atoms with Crippen LogP contribution in [0.1, 0.15) is 46.0 Å². The maximum Gasteiger partial charge on any atom is 0.349 e. The third-order valence-corrected chi connectivity index (χ3v) is 5.22. The third-order valence-electron chi connectivity index (χ3n) is 5.22. The maximum atomic E-state index is 12.9. The Bertz CT molecular complexity index is 1090. The largest absolute Gasteiger partial charge is 0.427 e. The van der Waals surface area contributed by atoms with Crippen molar-refractivity contribution in [3.05, 3.63) is 63.5 Å². The molecule has 1 aliphatic rings. The lowest BCUT2D eigenvalue weighted by molar-refractivity contribution is 0.102. The van der Waals surface area contributed by atoms with Gasteiger partial charge in [-0.1, -0.05) is 6.07 Å². The smallest absolute Gasteiger partial charge is 0.349 e. The van der Waals surface area contributed by atoms with Gasteiger partial charge in [0.1, 0.15) is 17.7 Å². The highest BCUT2D eigenvalue weighted by Gasteiger charge is 2.23. The molecule has 3 aromatic rings. The second kappa shape index (κ2) is 9.19. The fraction of sp³-hybridized carbons (Fsp3) is 0.350. The molecule has 1 aliphatic heterocycles. The highest BCUT2D eigenvalue weighted by atomic mass is 35.5. The molecule has 9 nitrogen and oxygen atoms in total. The Kier molecular flexibility index (Phi) is 6.63. The Hall–Kier alpha value is -3.04. The molecule has 1 amide bonds. The quantitative estimate of drug-likeness (QED) is 0.652.